The van der Waals surface area contributed by atoms with Gasteiger partial charge >= 0.3 is 0 Å². The van der Waals surface area contributed by atoms with E-state index < -0.39 is 0 Å². The first-order valence-corrected chi connectivity index (χ1v) is 9.26. The highest BCUT2D eigenvalue weighted by molar-refractivity contribution is 6.31. The average molecular weight is 374 g/mol. The molecule has 0 unspecified atom stereocenters. The lowest BCUT2D eigenvalue weighted by Crippen LogP contribution is -2.28. The van der Waals surface area contributed by atoms with E-state index in [-0.39, 0.29) is 11.9 Å². The number of carbonyl (C=O) groups excluding carboxylic acids is 1. The molecular formula is C20H24ClN3O2. The second-order valence-corrected chi connectivity index (χ2v) is 7.23. The van der Waals surface area contributed by atoms with Crippen molar-refractivity contribution in [2.24, 2.45) is 5.92 Å². The molecule has 138 valence electrons. The predicted molar refractivity (Wildman–Crippen MR) is 103 cm³/mol. The molecule has 5 nitrogen and oxygen atoms in total. The van der Waals surface area contributed by atoms with Crippen LogP contribution < -0.4 is 10.1 Å². The minimum Gasteiger partial charge on any atom is -0.493 e. The number of aromatic nitrogens is 2. The van der Waals surface area contributed by atoms with Crippen LogP contribution in [0.15, 0.2) is 36.7 Å². The van der Waals surface area contributed by atoms with Crippen molar-refractivity contribution in [3.05, 3.63) is 52.8 Å². The van der Waals surface area contributed by atoms with Crippen molar-refractivity contribution in [2.45, 2.75) is 39.3 Å². The van der Waals surface area contributed by atoms with Crippen molar-refractivity contribution in [3.8, 4) is 5.75 Å². The van der Waals surface area contributed by atoms with E-state index >= 15 is 0 Å². The first kappa shape index (κ1) is 18.5. The number of carbonyl (C=O) groups is 1. The smallest absolute Gasteiger partial charge is 0.217 e. The summed E-state index contributed by atoms with van der Waals surface area (Å²) in [6, 6.07) is 5.80. The monoisotopic (exact) mass is 373 g/mol. The molecule has 1 heterocycles. The number of amides is 1. The quantitative estimate of drug-likeness (QED) is 0.763. The van der Waals surface area contributed by atoms with Crippen LogP contribution in [0, 0.1) is 5.92 Å². The Hall–Kier alpha value is -2.27. The van der Waals surface area contributed by atoms with Crippen LogP contribution >= 0.6 is 11.6 Å². The number of hydrogen-bond donors (Lipinski definition) is 1. The molecule has 1 aliphatic rings. The Bertz CT molecular complexity index is 796. The molecule has 6 heteroatoms. The molecule has 0 spiro atoms. The number of rotatable bonds is 8. The number of ether oxygens (including phenoxy) is 1. The van der Waals surface area contributed by atoms with Crippen molar-refractivity contribution >= 4 is 23.6 Å². The zero-order chi connectivity index (χ0) is 18.5. The Kier molecular flexibility index (Phi) is 5.99. The zero-order valence-corrected chi connectivity index (χ0v) is 15.9. The van der Waals surface area contributed by atoms with Crippen LogP contribution in [-0.2, 0) is 11.3 Å². The van der Waals surface area contributed by atoms with Crippen LogP contribution in [0.3, 0.4) is 0 Å². The lowest BCUT2D eigenvalue weighted by atomic mass is 10.2. The molecule has 1 amide bonds. The Morgan fingerprint density at radius 2 is 2.31 bits per heavy atom. The van der Waals surface area contributed by atoms with Gasteiger partial charge in [0, 0.05) is 29.7 Å². The van der Waals surface area contributed by atoms with E-state index in [1.165, 1.54) is 19.8 Å². The minimum atomic E-state index is -0.0444. The third kappa shape index (κ3) is 5.63. The van der Waals surface area contributed by atoms with Gasteiger partial charge in [0.25, 0.3) is 0 Å². The van der Waals surface area contributed by atoms with Crippen LogP contribution in [0.5, 0.6) is 5.75 Å². The van der Waals surface area contributed by atoms with E-state index in [9.17, 15) is 4.79 Å². The molecule has 0 bridgehead atoms. The van der Waals surface area contributed by atoms with Crippen LogP contribution in [0.1, 0.15) is 37.8 Å². The third-order valence-corrected chi connectivity index (χ3v) is 4.55. The second kappa shape index (κ2) is 8.41. The van der Waals surface area contributed by atoms with Crippen LogP contribution in [-0.4, -0.2) is 28.3 Å². The van der Waals surface area contributed by atoms with E-state index in [1.54, 1.807) is 6.20 Å². The number of halogens is 1. The Morgan fingerprint density at radius 3 is 3.00 bits per heavy atom. The first-order valence-electron chi connectivity index (χ1n) is 8.88. The van der Waals surface area contributed by atoms with Gasteiger partial charge in [-0.25, -0.2) is 0 Å². The molecule has 3 rings (SSSR count). The Labute approximate surface area is 159 Å². The van der Waals surface area contributed by atoms with Crippen LogP contribution in [0.4, 0.5) is 0 Å². The second-order valence-electron chi connectivity index (χ2n) is 6.83. The standard InChI is InChI=1S/C20H24ClN3O2/c1-14(23-15(2)25)3-4-17-10-22-24(11-17)12-18-7-8-19(9-20(18)21)26-13-16-5-6-16/h3-4,7-11,14,16H,5-6,12-13H2,1-2H3,(H,23,25)/t14-/m0/s1. The highest BCUT2D eigenvalue weighted by Crippen LogP contribution is 2.30. The van der Waals surface area contributed by atoms with Gasteiger partial charge in [0.1, 0.15) is 5.75 Å². The topological polar surface area (TPSA) is 56.2 Å². The van der Waals surface area contributed by atoms with Crippen molar-refractivity contribution in [3.63, 3.8) is 0 Å². The van der Waals surface area contributed by atoms with E-state index in [4.69, 9.17) is 16.3 Å². The molecule has 0 aliphatic heterocycles. The third-order valence-electron chi connectivity index (χ3n) is 4.20. The van der Waals surface area contributed by atoms with Gasteiger partial charge < -0.3 is 10.1 Å². The van der Waals surface area contributed by atoms with E-state index in [0.717, 1.165) is 29.4 Å². The summed E-state index contributed by atoms with van der Waals surface area (Å²) < 4.78 is 7.60. The van der Waals surface area contributed by atoms with Crippen LogP contribution in [0.25, 0.3) is 6.08 Å². The van der Waals surface area contributed by atoms with E-state index in [0.29, 0.717) is 11.6 Å². The maximum Gasteiger partial charge on any atom is 0.217 e. The van der Waals surface area contributed by atoms with Gasteiger partial charge in [-0.15, -0.1) is 0 Å². The molecule has 1 N–H and O–H groups in total. The summed E-state index contributed by atoms with van der Waals surface area (Å²) in [4.78, 5) is 11.0. The first-order chi connectivity index (χ1) is 12.5. The Morgan fingerprint density at radius 1 is 1.50 bits per heavy atom. The highest BCUT2D eigenvalue weighted by Gasteiger charge is 2.22. The summed E-state index contributed by atoms with van der Waals surface area (Å²) in [5, 5.41) is 7.87. The van der Waals surface area contributed by atoms with Gasteiger partial charge in [-0.3, -0.25) is 9.48 Å². The van der Waals surface area contributed by atoms with Gasteiger partial charge in [0.05, 0.1) is 19.3 Å². The largest absolute Gasteiger partial charge is 0.493 e. The summed E-state index contributed by atoms with van der Waals surface area (Å²) in [7, 11) is 0. The van der Waals surface area contributed by atoms with Crippen molar-refractivity contribution in [2.75, 3.05) is 6.61 Å². The molecule has 1 saturated carbocycles. The maximum absolute atomic E-state index is 11.0. The lowest BCUT2D eigenvalue weighted by molar-refractivity contribution is -0.119. The van der Waals surface area contributed by atoms with Crippen molar-refractivity contribution in [1.29, 1.82) is 0 Å². The maximum atomic E-state index is 11.0. The summed E-state index contributed by atoms with van der Waals surface area (Å²) in [5.41, 5.74) is 1.97. The summed E-state index contributed by atoms with van der Waals surface area (Å²) in [6.07, 6.45) is 10.2. The van der Waals surface area contributed by atoms with Crippen molar-refractivity contribution in [1.82, 2.24) is 15.1 Å². The SMILES string of the molecule is CC(=O)N[C@@H](C)C=Cc1cnn(Cc2ccc(OCC3CC3)cc2Cl)c1. The zero-order valence-electron chi connectivity index (χ0n) is 15.1. The fraction of sp³-hybridized carbons (Fsp3) is 0.400. The van der Waals surface area contributed by atoms with E-state index in [2.05, 4.69) is 10.4 Å². The number of nitrogens with zero attached hydrogens (tertiary/aromatic N) is 2. The van der Waals surface area contributed by atoms with Gasteiger partial charge in [-0.05, 0) is 43.4 Å². The van der Waals surface area contributed by atoms with Gasteiger partial charge in [0.15, 0.2) is 0 Å². The molecule has 0 radical (unpaired) electrons. The Balaban J connectivity index is 1.57. The normalized spacial score (nSPS) is 15.2. The number of nitrogens with one attached hydrogen (secondary N) is 1. The lowest BCUT2D eigenvalue weighted by Gasteiger charge is -2.09. The fourth-order valence-corrected chi connectivity index (χ4v) is 2.83. The fourth-order valence-electron chi connectivity index (χ4n) is 2.60. The van der Waals surface area contributed by atoms with E-state index in [1.807, 2.05) is 48.2 Å². The molecule has 0 saturated heterocycles. The summed E-state index contributed by atoms with van der Waals surface area (Å²) >= 11 is 6.39. The highest BCUT2D eigenvalue weighted by atomic mass is 35.5. The van der Waals surface area contributed by atoms with Gasteiger partial charge in [0.2, 0.25) is 5.91 Å². The number of hydrogen-bond acceptors (Lipinski definition) is 3. The molecule has 1 aliphatic carbocycles. The molecule has 1 atom stereocenters. The minimum absolute atomic E-state index is 0.0199. The molecule has 26 heavy (non-hydrogen) atoms. The number of benzene rings is 1. The molecular weight excluding hydrogens is 350 g/mol. The molecule has 1 aromatic carbocycles. The average Bonchev–Trinajstić information content (AvgIpc) is 3.31. The molecule has 2 aromatic rings. The van der Waals surface area contributed by atoms with Gasteiger partial charge in [-0.2, -0.15) is 5.10 Å². The van der Waals surface area contributed by atoms with Crippen LogP contribution in [0.2, 0.25) is 5.02 Å². The predicted octanol–water partition coefficient (Wildman–Crippen LogP) is 3.91. The molecule has 1 fully saturated rings. The van der Waals surface area contributed by atoms with Crippen molar-refractivity contribution < 1.29 is 9.53 Å². The molecule has 1 aromatic heterocycles. The van der Waals surface area contributed by atoms with Gasteiger partial charge in [-0.1, -0.05) is 29.8 Å². The summed E-state index contributed by atoms with van der Waals surface area (Å²) in [5.74, 6) is 1.50. The summed E-state index contributed by atoms with van der Waals surface area (Å²) in [6.45, 7) is 4.81.